The van der Waals surface area contributed by atoms with Crippen molar-refractivity contribution < 1.29 is 29.3 Å². The van der Waals surface area contributed by atoms with Crippen LogP contribution in [0.15, 0.2) is 79.0 Å². The topological polar surface area (TPSA) is 144 Å². The van der Waals surface area contributed by atoms with Crippen molar-refractivity contribution in [3.05, 3.63) is 90.1 Å². The van der Waals surface area contributed by atoms with Gasteiger partial charge in [0.25, 0.3) is 17.6 Å². The number of fused-ring (bicyclic) bond motifs is 1. The van der Waals surface area contributed by atoms with Crippen LogP contribution in [0.4, 0.5) is 16.2 Å². The Bertz CT molecular complexity index is 1570. The standard InChI is InChI=1S/C29H27N5O6/c1-18-17-33(27(36)19-6-3-2-4-7-19)14-15-34(18)28(37)26(35)23-16-30-25-22(23)8-5-9-24(25)32-29(38)31-20-10-12-21(40-39)13-11-20/h2-13,16,18,30,39H,14-15,17H2,1H3,(H2,31,32,38)/t18-/m1/s1. The Morgan fingerprint density at radius 2 is 1.68 bits per heavy atom. The zero-order valence-corrected chi connectivity index (χ0v) is 21.6. The molecule has 1 atom stereocenters. The monoisotopic (exact) mass is 541 g/mol. The summed E-state index contributed by atoms with van der Waals surface area (Å²) in [5.41, 5.74) is 2.15. The number of rotatable bonds is 6. The second kappa shape index (κ2) is 11.3. The van der Waals surface area contributed by atoms with Crippen molar-refractivity contribution in [2.24, 2.45) is 0 Å². The molecule has 0 radical (unpaired) electrons. The lowest BCUT2D eigenvalue weighted by molar-refractivity contribution is -0.137. The normalized spacial score (nSPS) is 15.0. The number of ketones is 1. The van der Waals surface area contributed by atoms with Gasteiger partial charge in [-0.05, 0) is 49.4 Å². The maximum Gasteiger partial charge on any atom is 0.323 e. The highest BCUT2D eigenvalue weighted by Crippen LogP contribution is 2.27. The maximum atomic E-state index is 13.3. The van der Waals surface area contributed by atoms with E-state index in [1.165, 1.54) is 23.2 Å². The molecule has 1 fully saturated rings. The van der Waals surface area contributed by atoms with E-state index in [1.807, 2.05) is 13.0 Å². The molecule has 4 N–H and O–H groups in total. The van der Waals surface area contributed by atoms with E-state index in [2.05, 4.69) is 20.5 Å². The van der Waals surface area contributed by atoms with Gasteiger partial charge in [-0.3, -0.25) is 14.4 Å². The fourth-order valence-corrected chi connectivity index (χ4v) is 4.78. The number of urea groups is 1. The molecule has 40 heavy (non-hydrogen) atoms. The second-order valence-electron chi connectivity index (χ2n) is 9.42. The summed E-state index contributed by atoms with van der Waals surface area (Å²) in [4.78, 5) is 62.3. The Labute approximate surface area is 229 Å². The number of anilines is 2. The minimum absolute atomic E-state index is 0.109. The highest BCUT2D eigenvalue weighted by atomic mass is 17.1. The van der Waals surface area contributed by atoms with Gasteiger partial charge in [-0.25, -0.2) is 10.1 Å². The number of para-hydroxylation sites is 1. The van der Waals surface area contributed by atoms with Crippen LogP contribution >= 0.6 is 0 Å². The van der Waals surface area contributed by atoms with Gasteiger partial charge in [-0.2, -0.15) is 0 Å². The molecule has 2 heterocycles. The third kappa shape index (κ3) is 5.36. The van der Waals surface area contributed by atoms with Crippen LogP contribution in [0.25, 0.3) is 10.9 Å². The van der Waals surface area contributed by atoms with Gasteiger partial charge in [-0.1, -0.05) is 30.3 Å². The number of amides is 4. The smallest absolute Gasteiger partial charge is 0.323 e. The first kappa shape index (κ1) is 26.4. The predicted molar refractivity (Wildman–Crippen MR) is 148 cm³/mol. The molecule has 1 aliphatic heterocycles. The van der Waals surface area contributed by atoms with Gasteiger partial charge < -0.3 is 30.3 Å². The number of aromatic nitrogens is 1. The molecule has 1 saturated heterocycles. The Balaban J connectivity index is 1.26. The maximum absolute atomic E-state index is 13.3. The number of carbonyl (C=O) groups excluding carboxylic acids is 4. The van der Waals surface area contributed by atoms with Gasteiger partial charge in [0.1, 0.15) is 0 Å². The van der Waals surface area contributed by atoms with Crippen LogP contribution in [0.3, 0.4) is 0 Å². The van der Waals surface area contributed by atoms with Gasteiger partial charge in [-0.15, -0.1) is 0 Å². The van der Waals surface area contributed by atoms with Crippen LogP contribution < -0.4 is 15.5 Å². The Morgan fingerprint density at radius 3 is 2.38 bits per heavy atom. The Morgan fingerprint density at radius 1 is 0.925 bits per heavy atom. The van der Waals surface area contributed by atoms with Gasteiger partial charge in [0.05, 0.1) is 16.8 Å². The lowest BCUT2D eigenvalue weighted by Gasteiger charge is -2.39. The van der Waals surface area contributed by atoms with Gasteiger partial charge in [0, 0.05) is 48.5 Å². The van der Waals surface area contributed by atoms with E-state index in [-0.39, 0.29) is 29.8 Å². The molecule has 0 unspecified atom stereocenters. The zero-order valence-electron chi connectivity index (χ0n) is 21.6. The summed E-state index contributed by atoms with van der Waals surface area (Å²) in [6.07, 6.45) is 1.46. The average molecular weight is 542 g/mol. The first-order valence-corrected chi connectivity index (χ1v) is 12.6. The van der Waals surface area contributed by atoms with Crippen molar-refractivity contribution in [2.75, 3.05) is 30.3 Å². The summed E-state index contributed by atoms with van der Waals surface area (Å²) >= 11 is 0. The molecule has 0 spiro atoms. The lowest BCUT2D eigenvalue weighted by Crippen LogP contribution is -2.56. The van der Waals surface area contributed by atoms with Crippen molar-refractivity contribution in [3.63, 3.8) is 0 Å². The number of H-pyrrole nitrogens is 1. The number of nitrogens with zero attached hydrogens (tertiary/aromatic N) is 2. The number of nitrogens with one attached hydrogen (secondary N) is 3. The van der Waals surface area contributed by atoms with Crippen molar-refractivity contribution in [1.82, 2.24) is 14.8 Å². The SMILES string of the molecule is C[C@@H]1CN(C(=O)c2ccccc2)CCN1C(=O)C(=O)c1c[nH]c2c(NC(=O)Nc3ccc(OO)cc3)cccc12. The number of hydrogen-bond donors (Lipinski definition) is 4. The first-order chi connectivity index (χ1) is 19.4. The number of piperazine rings is 1. The second-order valence-corrected chi connectivity index (χ2v) is 9.42. The molecule has 11 nitrogen and oxygen atoms in total. The van der Waals surface area contributed by atoms with Crippen molar-refractivity contribution in [2.45, 2.75) is 13.0 Å². The van der Waals surface area contributed by atoms with E-state index in [4.69, 9.17) is 5.26 Å². The van der Waals surface area contributed by atoms with E-state index in [0.717, 1.165) is 0 Å². The Hall–Kier alpha value is -5.16. The molecule has 4 amide bonds. The minimum Gasteiger partial charge on any atom is -0.359 e. The zero-order chi connectivity index (χ0) is 28.2. The van der Waals surface area contributed by atoms with Crippen LogP contribution in [0.5, 0.6) is 5.75 Å². The lowest BCUT2D eigenvalue weighted by atomic mass is 10.1. The fourth-order valence-electron chi connectivity index (χ4n) is 4.78. The van der Waals surface area contributed by atoms with Gasteiger partial charge in [0.15, 0.2) is 5.75 Å². The van der Waals surface area contributed by atoms with Crippen LogP contribution in [-0.4, -0.2) is 69.3 Å². The summed E-state index contributed by atoms with van der Waals surface area (Å²) < 4.78 is 0. The summed E-state index contributed by atoms with van der Waals surface area (Å²) in [6, 6.07) is 19.2. The average Bonchev–Trinajstić information content (AvgIpc) is 3.42. The minimum atomic E-state index is -0.672. The van der Waals surface area contributed by atoms with Crippen molar-refractivity contribution >= 4 is 45.9 Å². The first-order valence-electron chi connectivity index (χ1n) is 12.6. The summed E-state index contributed by atoms with van der Waals surface area (Å²) in [5.74, 6) is -1.20. The van der Waals surface area contributed by atoms with Crippen LogP contribution in [0.2, 0.25) is 0 Å². The number of benzene rings is 3. The molecular weight excluding hydrogens is 514 g/mol. The Kier molecular flexibility index (Phi) is 7.47. The molecule has 1 aliphatic rings. The number of Topliss-reactive ketones (excluding diaryl/α,β-unsaturated/α-hetero) is 1. The molecule has 0 saturated carbocycles. The highest BCUT2D eigenvalue weighted by molar-refractivity contribution is 6.45. The molecule has 1 aromatic heterocycles. The molecular formula is C29H27N5O6. The summed E-state index contributed by atoms with van der Waals surface area (Å²) in [6.45, 7) is 2.70. The van der Waals surface area contributed by atoms with E-state index in [9.17, 15) is 19.2 Å². The van der Waals surface area contributed by atoms with Crippen LogP contribution in [0.1, 0.15) is 27.6 Å². The fraction of sp³-hybridized carbons (Fsp3) is 0.172. The molecule has 4 aromatic rings. The van der Waals surface area contributed by atoms with Crippen LogP contribution in [-0.2, 0) is 4.79 Å². The molecule has 204 valence electrons. The third-order valence-electron chi connectivity index (χ3n) is 6.82. The molecule has 3 aromatic carbocycles. The van der Waals surface area contributed by atoms with Gasteiger partial charge >= 0.3 is 6.03 Å². The number of hydrogen-bond acceptors (Lipinski definition) is 6. The molecule has 5 rings (SSSR count). The highest BCUT2D eigenvalue weighted by Gasteiger charge is 2.34. The van der Waals surface area contributed by atoms with E-state index < -0.39 is 17.7 Å². The number of carbonyl (C=O) groups is 4. The largest absolute Gasteiger partial charge is 0.359 e. The summed E-state index contributed by atoms with van der Waals surface area (Å²) in [5, 5.41) is 14.6. The van der Waals surface area contributed by atoms with Crippen LogP contribution in [0, 0.1) is 0 Å². The van der Waals surface area contributed by atoms with E-state index in [1.54, 1.807) is 59.5 Å². The number of aromatic amines is 1. The molecule has 11 heteroatoms. The quantitative estimate of drug-likeness (QED) is 0.125. The van der Waals surface area contributed by atoms with E-state index >= 15 is 0 Å². The molecule has 0 bridgehead atoms. The van der Waals surface area contributed by atoms with E-state index in [0.29, 0.717) is 40.9 Å². The third-order valence-corrected chi connectivity index (χ3v) is 6.82. The van der Waals surface area contributed by atoms with Crippen molar-refractivity contribution in [1.29, 1.82) is 0 Å². The van der Waals surface area contributed by atoms with Gasteiger partial charge in [0.2, 0.25) is 0 Å². The predicted octanol–water partition coefficient (Wildman–Crippen LogP) is 4.22. The summed E-state index contributed by atoms with van der Waals surface area (Å²) in [7, 11) is 0. The molecule has 0 aliphatic carbocycles. The van der Waals surface area contributed by atoms with Crippen molar-refractivity contribution in [3.8, 4) is 5.75 Å².